The number of fused-ring (bicyclic) bond motifs is 1. The van der Waals surface area contributed by atoms with Crippen molar-refractivity contribution in [3.8, 4) is 0 Å². The molecule has 2 rings (SSSR count). The molecule has 1 aromatic heterocycles. The highest BCUT2D eigenvalue weighted by molar-refractivity contribution is 6.34. The second kappa shape index (κ2) is 4.14. The molecule has 1 unspecified atom stereocenters. The summed E-state index contributed by atoms with van der Waals surface area (Å²) >= 11 is 5.93. The van der Waals surface area contributed by atoms with Crippen molar-refractivity contribution in [2.24, 2.45) is 0 Å². The fourth-order valence-electron chi connectivity index (χ4n) is 1.49. The van der Waals surface area contributed by atoms with E-state index < -0.39 is 5.97 Å². The van der Waals surface area contributed by atoms with E-state index in [4.69, 9.17) is 21.1 Å². The zero-order chi connectivity index (χ0) is 11.7. The van der Waals surface area contributed by atoms with Gasteiger partial charge in [0, 0.05) is 5.92 Å². The maximum atomic E-state index is 10.6. The van der Waals surface area contributed by atoms with Crippen LogP contribution < -0.4 is 0 Å². The van der Waals surface area contributed by atoms with Crippen molar-refractivity contribution in [1.29, 1.82) is 0 Å². The van der Waals surface area contributed by atoms with Crippen LogP contribution in [0.15, 0.2) is 22.6 Å². The summed E-state index contributed by atoms with van der Waals surface area (Å²) in [6, 6.07) is 5.27. The van der Waals surface area contributed by atoms with Crippen molar-refractivity contribution in [3.05, 3.63) is 29.1 Å². The Labute approximate surface area is 96.8 Å². The first-order valence-electron chi connectivity index (χ1n) is 4.84. The molecular formula is C11H10ClNO3. The van der Waals surface area contributed by atoms with E-state index in [2.05, 4.69) is 4.98 Å². The van der Waals surface area contributed by atoms with E-state index >= 15 is 0 Å². The molecule has 0 aliphatic carbocycles. The lowest BCUT2D eigenvalue weighted by Gasteiger charge is -2.01. The summed E-state index contributed by atoms with van der Waals surface area (Å²) in [5.41, 5.74) is 1.16. The summed E-state index contributed by atoms with van der Waals surface area (Å²) < 4.78 is 5.46. The fraction of sp³-hybridized carbons (Fsp3) is 0.273. The third-order valence-corrected chi connectivity index (χ3v) is 2.58. The lowest BCUT2D eigenvalue weighted by molar-refractivity contribution is -0.137. The van der Waals surface area contributed by atoms with Gasteiger partial charge in [0.25, 0.3) is 0 Å². The number of para-hydroxylation sites is 1. The molecule has 0 aliphatic rings. The Kier molecular flexibility index (Phi) is 2.83. The van der Waals surface area contributed by atoms with Gasteiger partial charge in [0.05, 0.1) is 11.4 Å². The van der Waals surface area contributed by atoms with Crippen molar-refractivity contribution in [2.75, 3.05) is 0 Å². The van der Waals surface area contributed by atoms with Crippen LogP contribution in [0.1, 0.15) is 25.2 Å². The monoisotopic (exact) mass is 239 g/mol. The van der Waals surface area contributed by atoms with Gasteiger partial charge in [-0.05, 0) is 12.1 Å². The number of aromatic nitrogens is 1. The van der Waals surface area contributed by atoms with Crippen LogP contribution in [0.5, 0.6) is 0 Å². The summed E-state index contributed by atoms with van der Waals surface area (Å²) in [7, 11) is 0. The van der Waals surface area contributed by atoms with E-state index in [9.17, 15) is 4.79 Å². The molecule has 84 valence electrons. The Balaban J connectivity index is 2.39. The van der Waals surface area contributed by atoms with Crippen LogP contribution in [-0.2, 0) is 4.79 Å². The second-order valence-corrected chi connectivity index (χ2v) is 4.05. The molecule has 0 bridgehead atoms. The molecule has 0 fully saturated rings. The van der Waals surface area contributed by atoms with Gasteiger partial charge in [0.2, 0.25) is 0 Å². The third kappa shape index (κ3) is 2.02. The molecule has 4 nitrogen and oxygen atoms in total. The highest BCUT2D eigenvalue weighted by Crippen LogP contribution is 2.28. The van der Waals surface area contributed by atoms with Crippen LogP contribution in [0.2, 0.25) is 5.02 Å². The normalized spacial score (nSPS) is 12.9. The minimum atomic E-state index is -0.874. The smallest absolute Gasteiger partial charge is 0.304 e. The first-order chi connectivity index (χ1) is 7.58. The zero-order valence-corrected chi connectivity index (χ0v) is 9.36. The number of aliphatic carboxylic acids is 1. The maximum Gasteiger partial charge on any atom is 0.304 e. The number of carbonyl (C=O) groups is 1. The van der Waals surface area contributed by atoms with Crippen LogP contribution in [0.4, 0.5) is 0 Å². The van der Waals surface area contributed by atoms with Crippen LogP contribution in [-0.4, -0.2) is 16.1 Å². The minimum absolute atomic E-state index is 0.00948. The number of nitrogens with zero attached hydrogens (tertiary/aromatic N) is 1. The van der Waals surface area contributed by atoms with Gasteiger partial charge in [-0.15, -0.1) is 0 Å². The number of benzene rings is 1. The predicted molar refractivity (Wildman–Crippen MR) is 59.7 cm³/mol. The quantitative estimate of drug-likeness (QED) is 0.894. The Hall–Kier alpha value is -1.55. The predicted octanol–water partition coefficient (Wildman–Crippen LogP) is 3.06. The highest BCUT2D eigenvalue weighted by Gasteiger charge is 2.17. The van der Waals surface area contributed by atoms with E-state index in [0.717, 1.165) is 0 Å². The van der Waals surface area contributed by atoms with Gasteiger partial charge in [-0.25, -0.2) is 4.98 Å². The molecule has 0 radical (unpaired) electrons. The van der Waals surface area contributed by atoms with Gasteiger partial charge in [-0.2, -0.15) is 0 Å². The minimum Gasteiger partial charge on any atom is -0.481 e. The van der Waals surface area contributed by atoms with Crippen molar-refractivity contribution < 1.29 is 14.3 Å². The summed E-state index contributed by atoms with van der Waals surface area (Å²) in [6.45, 7) is 1.76. The third-order valence-electron chi connectivity index (χ3n) is 2.29. The number of hydrogen-bond acceptors (Lipinski definition) is 3. The molecule has 1 atom stereocenters. The molecule has 16 heavy (non-hydrogen) atoms. The average Bonchev–Trinajstić information content (AvgIpc) is 2.61. The van der Waals surface area contributed by atoms with E-state index in [1.54, 1.807) is 25.1 Å². The number of halogens is 1. The zero-order valence-electron chi connectivity index (χ0n) is 8.61. The Morgan fingerprint density at radius 1 is 1.62 bits per heavy atom. The van der Waals surface area contributed by atoms with Crippen molar-refractivity contribution in [1.82, 2.24) is 4.98 Å². The van der Waals surface area contributed by atoms with Crippen LogP contribution >= 0.6 is 11.6 Å². The second-order valence-electron chi connectivity index (χ2n) is 3.64. The number of rotatable bonds is 3. The van der Waals surface area contributed by atoms with Gasteiger partial charge < -0.3 is 9.52 Å². The van der Waals surface area contributed by atoms with E-state index in [-0.39, 0.29) is 12.3 Å². The van der Waals surface area contributed by atoms with Crippen LogP contribution in [0, 0.1) is 0 Å². The molecule has 5 heteroatoms. The molecule has 0 saturated heterocycles. The van der Waals surface area contributed by atoms with Gasteiger partial charge in [-0.1, -0.05) is 24.6 Å². The van der Waals surface area contributed by atoms with Crippen LogP contribution in [0.3, 0.4) is 0 Å². The molecule has 1 N–H and O–H groups in total. The first kappa shape index (κ1) is 11.0. The Morgan fingerprint density at radius 2 is 2.38 bits per heavy atom. The number of hydrogen-bond donors (Lipinski definition) is 1. The molecule has 0 spiro atoms. The van der Waals surface area contributed by atoms with Gasteiger partial charge >= 0.3 is 5.97 Å². The summed E-state index contributed by atoms with van der Waals surface area (Å²) in [5, 5.41) is 9.16. The largest absolute Gasteiger partial charge is 0.481 e. The fourth-order valence-corrected chi connectivity index (χ4v) is 1.70. The SMILES string of the molecule is CC(CC(=O)O)c1nc2cccc(Cl)c2o1. The Morgan fingerprint density at radius 3 is 3.00 bits per heavy atom. The van der Waals surface area contributed by atoms with Gasteiger partial charge in [0.15, 0.2) is 11.5 Å². The van der Waals surface area contributed by atoms with E-state index in [1.165, 1.54) is 0 Å². The number of carboxylic acids is 1. The van der Waals surface area contributed by atoms with Gasteiger partial charge in [0.1, 0.15) is 5.52 Å². The molecule has 0 aliphatic heterocycles. The lowest BCUT2D eigenvalue weighted by atomic mass is 10.1. The van der Waals surface area contributed by atoms with Crippen molar-refractivity contribution in [3.63, 3.8) is 0 Å². The molecule has 0 saturated carbocycles. The van der Waals surface area contributed by atoms with E-state index in [0.29, 0.717) is 22.0 Å². The standard InChI is InChI=1S/C11H10ClNO3/c1-6(5-9(14)15)11-13-8-4-2-3-7(12)10(8)16-11/h2-4,6H,5H2,1H3,(H,14,15). The maximum absolute atomic E-state index is 10.6. The topological polar surface area (TPSA) is 63.3 Å². The average molecular weight is 240 g/mol. The lowest BCUT2D eigenvalue weighted by Crippen LogP contribution is -2.02. The Bertz CT molecular complexity index is 535. The van der Waals surface area contributed by atoms with E-state index in [1.807, 2.05) is 0 Å². The molecule has 1 heterocycles. The molecule has 2 aromatic rings. The molecular weight excluding hydrogens is 230 g/mol. The van der Waals surface area contributed by atoms with Crippen LogP contribution in [0.25, 0.3) is 11.1 Å². The molecule has 1 aromatic carbocycles. The van der Waals surface area contributed by atoms with Crippen molar-refractivity contribution in [2.45, 2.75) is 19.3 Å². The summed E-state index contributed by atoms with van der Waals surface area (Å²) in [6.07, 6.45) is -0.00948. The first-order valence-corrected chi connectivity index (χ1v) is 5.22. The number of carboxylic acid groups (broad SMARTS) is 1. The van der Waals surface area contributed by atoms with Gasteiger partial charge in [-0.3, -0.25) is 4.79 Å². The number of oxazole rings is 1. The van der Waals surface area contributed by atoms with Crippen molar-refractivity contribution >= 4 is 28.7 Å². The highest BCUT2D eigenvalue weighted by atomic mass is 35.5. The molecule has 0 amide bonds. The summed E-state index contributed by atoms with van der Waals surface area (Å²) in [5.74, 6) is -0.729. The summed E-state index contributed by atoms with van der Waals surface area (Å²) in [4.78, 5) is 14.8.